The number of fused-ring (bicyclic) bond motifs is 1. The average molecular weight is 307 g/mol. The lowest BCUT2D eigenvalue weighted by Gasteiger charge is -2.26. The number of nitro groups is 1. The van der Waals surface area contributed by atoms with Crippen molar-refractivity contribution in [2.75, 3.05) is 18.8 Å². The summed E-state index contributed by atoms with van der Waals surface area (Å²) in [5.41, 5.74) is 7.09. The molecule has 0 spiro atoms. The molecule has 0 aromatic heterocycles. The highest BCUT2D eigenvalue weighted by Gasteiger charge is 2.25. The Balaban J connectivity index is 2.16. The number of benzene rings is 1. The molecule has 1 aromatic rings. The Morgan fingerprint density at radius 1 is 1.27 bits per heavy atom. The maximum Gasteiger partial charge on any atom is 0.410 e. The zero-order chi connectivity index (χ0) is 16.5. The molecule has 7 nitrogen and oxygen atoms in total. The van der Waals surface area contributed by atoms with E-state index in [0.717, 1.165) is 11.1 Å². The first kappa shape index (κ1) is 16.1. The van der Waals surface area contributed by atoms with Crippen LogP contribution in [0.5, 0.6) is 0 Å². The molecule has 0 atom stereocenters. The number of nitrogens with two attached hydrogens (primary N) is 1. The van der Waals surface area contributed by atoms with Crippen LogP contribution in [0.4, 0.5) is 16.2 Å². The summed E-state index contributed by atoms with van der Waals surface area (Å²) in [6.45, 7) is 6.45. The second kappa shape index (κ2) is 5.82. The molecule has 0 unspecified atom stereocenters. The smallest absolute Gasteiger partial charge is 0.410 e. The SMILES string of the molecule is CC(C)(C)OC(=O)N1CCc2cc(N)c([N+](=O)[O-])cc2CC1. The minimum absolute atomic E-state index is 0.0792. The third kappa shape index (κ3) is 3.66. The van der Waals surface area contributed by atoms with Gasteiger partial charge in [-0.05, 0) is 50.8 Å². The molecule has 0 saturated carbocycles. The normalized spacial score (nSPS) is 15.0. The molecule has 2 rings (SSSR count). The molecule has 120 valence electrons. The summed E-state index contributed by atoms with van der Waals surface area (Å²) in [7, 11) is 0. The Morgan fingerprint density at radius 2 is 1.82 bits per heavy atom. The van der Waals surface area contributed by atoms with Crippen LogP contribution in [0.1, 0.15) is 31.9 Å². The van der Waals surface area contributed by atoms with Gasteiger partial charge in [0.15, 0.2) is 0 Å². The van der Waals surface area contributed by atoms with E-state index in [4.69, 9.17) is 10.5 Å². The van der Waals surface area contributed by atoms with Crippen molar-refractivity contribution in [1.82, 2.24) is 4.90 Å². The zero-order valence-corrected chi connectivity index (χ0v) is 13.1. The number of rotatable bonds is 1. The van der Waals surface area contributed by atoms with Gasteiger partial charge in [-0.25, -0.2) is 4.79 Å². The van der Waals surface area contributed by atoms with Gasteiger partial charge in [-0.3, -0.25) is 10.1 Å². The van der Waals surface area contributed by atoms with Gasteiger partial charge in [0.2, 0.25) is 0 Å². The molecule has 1 amide bonds. The monoisotopic (exact) mass is 307 g/mol. The summed E-state index contributed by atoms with van der Waals surface area (Å²) in [4.78, 5) is 24.2. The number of carbonyl (C=O) groups is 1. The number of amides is 1. The van der Waals surface area contributed by atoms with Crippen molar-refractivity contribution in [3.63, 3.8) is 0 Å². The molecule has 0 saturated heterocycles. The van der Waals surface area contributed by atoms with Crippen molar-refractivity contribution in [3.05, 3.63) is 33.4 Å². The standard InChI is InChI=1S/C15H21N3O4/c1-15(2,3)22-14(19)17-6-4-10-8-12(16)13(18(20)21)9-11(10)5-7-17/h8-9H,4-7,16H2,1-3H3. The summed E-state index contributed by atoms with van der Waals surface area (Å²) in [6.07, 6.45) is 0.801. The van der Waals surface area contributed by atoms with E-state index in [1.165, 1.54) is 6.07 Å². The molecule has 0 radical (unpaired) electrons. The molecule has 0 aliphatic carbocycles. The molecular formula is C15H21N3O4. The van der Waals surface area contributed by atoms with Crippen molar-refractivity contribution in [2.24, 2.45) is 0 Å². The van der Waals surface area contributed by atoms with E-state index in [1.54, 1.807) is 11.0 Å². The molecule has 0 fully saturated rings. The van der Waals surface area contributed by atoms with Crippen LogP contribution in [0.15, 0.2) is 12.1 Å². The van der Waals surface area contributed by atoms with Crippen LogP contribution in [-0.4, -0.2) is 34.6 Å². The van der Waals surface area contributed by atoms with Crippen molar-refractivity contribution in [1.29, 1.82) is 0 Å². The lowest BCUT2D eigenvalue weighted by Crippen LogP contribution is -2.38. The summed E-state index contributed by atoms with van der Waals surface area (Å²) >= 11 is 0. The summed E-state index contributed by atoms with van der Waals surface area (Å²) in [6, 6.07) is 3.16. The molecule has 0 bridgehead atoms. The number of ether oxygens (including phenoxy) is 1. The molecule has 1 aromatic carbocycles. The van der Waals surface area contributed by atoms with Gasteiger partial charge in [0.25, 0.3) is 5.69 Å². The Kier molecular flexibility index (Phi) is 4.25. The number of carbonyl (C=O) groups excluding carboxylic acids is 1. The van der Waals surface area contributed by atoms with Crippen LogP contribution >= 0.6 is 0 Å². The van der Waals surface area contributed by atoms with Crippen LogP contribution in [0.2, 0.25) is 0 Å². The fraction of sp³-hybridized carbons (Fsp3) is 0.533. The lowest BCUT2D eigenvalue weighted by molar-refractivity contribution is -0.384. The van der Waals surface area contributed by atoms with E-state index in [9.17, 15) is 14.9 Å². The van der Waals surface area contributed by atoms with Gasteiger partial charge in [-0.2, -0.15) is 0 Å². The van der Waals surface area contributed by atoms with Gasteiger partial charge in [-0.1, -0.05) is 0 Å². The van der Waals surface area contributed by atoms with Gasteiger partial charge in [0.05, 0.1) is 4.92 Å². The number of nitrogens with zero attached hydrogens (tertiary/aromatic N) is 2. The molecule has 1 aliphatic rings. The van der Waals surface area contributed by atoms with Gasteiger partial charge < -0.3 is 15.4 Å². The molecule has 7 heteroatoms. The van der Waals surface area contributed by atoms with Crippen molar-refractivity contribution >= 4 is 17.5 Å². The van der Waals surface area contributed by atoms with Crippen molar-refractivity contribution in [2.45, 2.75) is 39.2 Å². The number of nitro benzene ring substituents is 1. The first-order chi connectivity index (χ1) is 10.2. The molecular weight excluding hydrogens is 286 g/mol. The van der Waals surface area contributed by atoms with Crippen molar-refractivity contribution in [3.8, 4) is 0 Å². The zero-order valence-electron chi connectivity index (χ0n) is 13.1. The Hall–Kier alpha value is -2.31. The minimum Gasteiger partial charge on any atom is -0.444 e. The number of nitrogen functional groups attached to an aromatic ring is 1. The second-order valence-corrected chi connectivity index (χ2v) is 6.40. The highest BCUT2D eigenvalue weighted by Crippen LogP contribution is 2.28. The fourth-order valence-electron chi connectivity index (χ4n) is 2.45. The molecule has 1 heterocycles. The average Bonchev–Trinajstić information content (AvgIpc) is 2.57. The second-order valence-electron chi connectivity index (χ2n) is 6.40. The summed E-state index contributed by atoms with van der Waals surface area (Å²) in [5.74, 6) is 0. The third-order valence-electron chi connectivity index (χ3n) is 3.50. The Morgan fingerprint density at radius 3 is 2.32 bits per heavy atom. The third-order valence-corrected chi connectivity index (χ3v) is 3.50. The van der Waals surface area contributed by atoms with E-state index in [1.807, 2.05) is 20.8 Å². The first-order valence-electron chi connectivity index (χ1n) is 7.21. The van der Waals surface area contributed by atoms with Crippen LogP contribution in [0, 0.1) is 10.1 Å². The quantitative estimate of drug-likeness (QED) is 0.488. The maximum absolute atomic E-state index is 12.1. The molecule has 22 heavy (non-hydrogen) atoms. The minimum atomic E-state index is -0.542. The predicted molar refractivity (Wildman–Crippen MR) is 82.7 cm³/mol. The largest absolute Gasteiger partial charge is 0.444 e. The van der Waals surface area contributed by atoms with E-state index in [0.29, 0.717) is 25.9 Å². The van der Waals surface area contributed by atoms with Crippen LogP contribution in [0.3, 0.4) is 0 Å². The van der Waals surface area contributed by atoms with Crippen LogP contribution < -0.4 is 5.73 Å². The number of anilines is 1. The summed E-state index contributed by atoms with van der Waals surface area (Å²) in [5, 5.41) is 11.0. The van der Waals surface area contributed by atoms with Gasteiger partial charge in [-0.15, -0.1) is 0 Å². The molecule has 2 N–H and O–H groups in total. The van der Waals surface area contributed by atoms with Gasteiger partial charge in [0.1, 0.15) is 11.3 Å². The van der Waals surface area contributed by atoms with E-state index < -0.39 is 10.5 Å². The van der Waals surface area contributed by atoms with E-state index in [2.05, 4.69) is 0 Å². The highest BCUT2D eigenvalue weighted by molar-refractivity contribution is 5.69. The Bertz CT molecular complexity index is 608. The predicted octanol–water partition coefficient (Wildman–Crippen LogP) is 2.51. The first-order valence-corrected chi connectivity index (χ1v) is 7.21. The van der Waals surface area contributed by atoms with Crippen LogP contribution in [-0.2, 0) is 17.6 Å². The van der Waals surface area contributed by atoms with Gasteiger partial charge in [0, 0.05) is 19.2 Å². The maximum atomic E-state index is 12.1. The van der Waals surface area contributed by atoms with E-state index in [-0.39, 0.29) is 17.5 Å². The Labute approximate surface area is 129 Å². The lowest BCUT2D eigenvalue weighted by atomic mass is 10.0. The van der Waals surface area contributed by atoms with E-state index >= 15 is 0 Å². The number of hydrogen-bond acceptors (Lipinski definition) is 5. The van der Waals surface area contributed by atoms with Crippen LogP contribution in [0.25, 0.3) is 0 Å². The van der Waals surface area contributed by atoms with Gasteiger partial charge >= 0.3 is 6.09 Å². The molecule has 1 aliphatic heterocycles. The summed E-state index contributed by atoms with van der Waals surface area (Å²) < 4.78 is 5.37. The fourth-order valence-corrected chi connectivity index (χ4v) is 2.45. The highest BCUT2D eigenvalue weighted by atomic mass is 16.6. The topological polar surface area (TPSA) is 98.7 Å². The number of hydrogen-bond donors (Lipinski definition) is 1. The van der Waals surface area contributed by atoms with Crippen molar-refractivity contribution < 1.29 is 14.5 Å².